The lowest BCUT2D eigenvalue weighted by atomic mass is 10.0. The first-order chi connectivity index (χ1) is 9.65. The van der Waals surface area contributed by atoms with Crippen LogP contribution < -0.4 is 0 Å². The van der Waals surface area contributed by atoms with Gasteiger partial charge in [0.2, 0.25) is 5.78 Å². The van der Waals surface area contributed by atoms with E-state index in [-0.39, 0.29) is 22.8 Å². The number of hydrogen-bond donors (Lipinski definition) is 0. The molecule has 0 radical (unpaired) electrons. The number of Topliss-reactive ketones (excluding diaryl/α,β-unsaturated/α-hetero) is 1. The van der Waals surface area contributed by atoms with E-state index in [4.69, 9.17) is 11.6 Å². The molecule has 20 heavy (non-hydrogen) atoms. The van der Waals surface area contributed by atoms with Gasteiger partial charge in [0, 0.05) is 22.2 Å². The topological polar surface area (TPSA) is 59.9 Å². The van der Waals surface area contributed by atoms with E-state index in [1.807, 2.05) is 0 Å². The number of carbonyl (C=O) groups excluding carboxylic acids is 2. The summed E-state index contributed by atoms with van der Waals surface area (Å²) in [4.78, 5) is 33.1. The number of benzene rings is 1. The van der Waals surface area contributed by atoms with Crippen LogP contribution in [0.5, 0.6) is 0 Å². The number of fused-ring (bicyclic) bond motifs is 1. The van der Waals surface area contributed by atoms with Crippen LogP contribution in [0.25, 0.3) is 0 Å². The lowest BCUT2D eigenvalue weighted by Crippen LogP contribution is -2.17. The van der Waals surface area contributed by atoms with Crippen LogP contribution in [0.3, 0.4) is 0 Å². The fourth-order valence-electron chi connectivity index (χ4n) is 1.78. The Hall–Kier alpha value is -1.98. The molecule has 0 spiro atoms. The summed E-state index contributed by atoms with van der Waals surface area (Å²) in [5.74, 6) is -0.515. The third-order valence-corrected chi connectivity index (χ3v) is 4.00. The van der Waals surface area contributed by atoms with E-state index in [1.165, 1.54) is 30.4 Å². The Morgan fingerprint density at radius 3 is 2.60 bits per heavy atom. The molecule has 1 aliphatic rings. The maximum absolute atomic E-state index is 12.3. The highest BCUT2D eigenvalue weighted by atomic mass is 35.5. The maximum atomic E-state index is 12.3. The molecule has 98 valence electrons. The van der Waals surface area contributed by atoms with Crippen LogP contribution in [0.2, 0.25) is 5.02 Å². The summed E-state index contributed by atoms with van der Waals surface area (Å²) in [6.07, 6.45) is 3.95. The molecule has 0 fully saturated rings. The summed E-state index contributed by atoms with van der Waals surface area (Å²) in [5, 5.41) is 0.618. The number of hydrogen-bond acceptors (Lipinski definition) is 5. The van der Waals surface area contributed by atoms with Gasteiger partial charge in [-0.25, -0.2) is 9.97 Å². The molecular formula is C14H7ClN2O2S. The number of carbonyl (C=O) groups is 2. The van der Waals surface area contributed by atoms with Crippen molar-refractivity contribution in [1.82, 2.24) is 9.97 Å². The van der Waals surface area contributed by atoms with Gasteiger partial charge in [0.25, 0.3) is 0 Å². The molecule has 6 heteroatoms. The summed E-state index contributed by atoms with van der Waals surface area (Å²) < 4.78 is 0. The molecule has 4 nitrogen and oxygen atoms in total. The van der Waals surface area contributed by atoms with Gasteiger partial charge in [-0.05, 0) is 24.3 Å². The molecule has 2 aromatic rings. The van der Waals surface area contributed by atoms with Crippen LogP contribution in [0.1, 0.15) is 20.8 Å². The van der Waals surface area contributed by atoms with E-state index in [0.29, 0.717) is 9.93 Å². The van der Waals surface area contributed by atoms with E-state index in [2.05, 4.69) is 9.97 Å². The second kappa shape index (κ2) is 5.19. The van der Waals surface area contributed by atoms with E-state index in [9.17, 15) is 9.59 Å². The molecular weight excluding hydrogens is 296 g/mol. The standard InChI is InChI=1S/C14H7ClN2O2S/c15-8-1-3-9(4-2-8)20-12-5-11(18)10-6-16-7-17-13(10)14(12)19/h1-7H. The van der Waals surface area contributed by atoms with Crippen molar-refractivity contribution in [3.05, 3.63) is 64.1 Å². The van der Waals surface area contributed by atoms with E-state index < -0.39 is 0 Å². The van der Waals surface area contributed by atoms with Gasteiger partial charge >= 0.3 is 0 Å². The SMILES string of the molecule is O=C1C=C(Sc2ccc(Cl)cc2)C(=O)c2ncncc21. The summed E-state index contributed by atoms with van der Waals surface area (Å²) in [6, 6.07) is 7.05. The number of allylic oxidation sites excluding steroid dienone is 2. The average molecular weight is 303 g/mol. The van der Waals surface area contributed by atoms with Crippen molar-refractivity contribution < 1.29 is 9.59 Å². The molecule has 0 saturated carbocycles. The van der Waals surface area contributed by atoms with Gasteiger partial charge in [0.05, 0.1) is 10.5 Å². The van der Waals surface area contributed by atoms with Crippen molar-refractivity contribution in [2.24, 2.45) is 0 Å². The van der Waals surface area contributed by atoms with Crippen molar-refractivity contribution in [2.75, 3.05) is 0 Å². The molecule has 3 rings (SSSR count). The first-order valence-electron chi connectivity index (χ1n) is 5.69. The number of nitrogens with zero attached hydrogens (tertiary/aromatic N) is 2. The first kappa shape index (κ1) is 13.0. The Kier molecular flexibility index (Phi) is 3.38. The molecule has 0 bridgehead atoms. The number of halogens is 1. The highest BCUT2D eigenvalue weighted by molar-refractivity contribution is 8.04. The van der Waals surface area contributed by atoms with Crippen molar-refractivity contribution in [1.29, 1.82) is 0 Å². The van der Waals surface area contributed by atoms with Crippen molar-refractivity contribution in [3.63, 3.8) is 0 Å². The Bertz CT molecular complexity index is 741. The number of thioether (sulfide) groups is 1. The Labute approximate surface area is 123 Å². The lowest BCUT2D eigenvalue weighted by molar-refractivity contribution is 0.0987. The molecule has 1 aliphatic carbocycles. The summed E-state index contributed by atoms with van der Waals surface area (Å²) >= 11 is 7.03. The van der Waals surface area contributed by atoms with Crippen LogP contribution in [0.15, 0.2) is 52.7 Å². The van der Waals surface area contributed by atoms with Crippen LogP contribution in [-0.4, -0.2) is 21.5 Å². The third kappa shape index (κ3) is 2.37. The van der Waals surface area contributed by atoms with E-state index >= 15 is 0 Å². The number of aromatic nitrogens is 2. The molecule has 0 N–H and O–H groups in total. The van der Waals surface area contributed by atoms with Crippen LogP contribution in [0, 0.1) is 0 Å². The van der Waals surface area contributed by atoms with Gasteiger partial charge in [-0.2, -0.15) is 0 Å². The monoisotopic (exact) mass is 302 g/mol. The number of ketones is 2. The molecule has 0 atom stereocenters. The Morgan fingerprint density at radius 2 is 1.85 bits per heavy atom. The van der Waals surface area contributed by atoms with Crippen LogP contribution in [-0.2, 0) is 0 Å². The molecule has 1 aromatic carbocycles. The molecule has 0 aliphatic heterocycles. The minimum atomic E-state index is -0.262. The highest BCUT2D eigenvalue weighted by Crippen LogP contribution is 2.32. The second-order valence-corrected chi connectivity index (χ2v) is 5.59. The van der Waals surface area contributed by atoms with Gasteiger partial charge in [0.1, 0.15) is 12.0 Å². The smallest absolute Gasteiger partial charge is 0.219 e. The maximum Gasteiger partial charge on any atom is 0.219 e. The van der Waals surface area contributed by atoms with Crippen molar-refractivity contribution in [3.8, 4) is 0 Å². The normalized spacial score (nSPS) is 13.9. The fraction of sp³-hybridized carbons (Fsp3) is 0. The van der Waals surface area contributed by atoms with Crippen LogP contribution in [0.4, 0.5) is 0 Å². The largest absolute Gasteiger partial charge is 0.289 e. The molecule has 0 unspecified atom stereocenters. The van der Waals surface area contributed by atoms with E-state index in [1.54, 1.807) is 24.3 Å². The number of rotatable bonds is 2. The average Bonchev–Trinajstić information content (AvgIpc) is 2.47. The minimum Gasteiger partial charge on any atom is -0.289 e. The fourth-order valence-corrected chi connectivity index (χ4v) is 2.78. The molecule has 1 heterocycles. The van der Waals surface area contributed by atoms with Gasteiger partial charge in [-0.15, -0.1) is 0 Å². The van der Waals surface area contributed by atoms with Crippen molar-refractivity contribution in [2.45, 2.75) is 4.90 Å². The zero-order valence-electron chi connectivity index (χ0n) is 10.0. The highest BCUT2D eigenvalue weighted by Gasteiger charge is 2.27. The second-order valence-electron chi connectivity index (χ2n) is 4.04. The summed E-state index contributed by atoms with van der Waals surface area (Å²) in [7, 11) is 0. The van der Waals surface area contributed by atoms with Gasteiger partial charge in [-0.1, -0.05) is 23.4 Å². The predicted octanol–water partition coefficient (Wildman–Crippen LogP) is 3.19. The summed E-state index contributed by atoms with van der Waals surface area (Å²) in [6.45, 7) is 0. The zero-order valence-corrected chi connectivity index (χ0v) is 11.6. The summed E-state index contributed by atoms with van der Waals surface area (Å²) in [5.41, 5.74) is 0.405. The third-order valence-electron chi connectivity index (χ3n) is 2.72. The van der Waals surface area contributed by atoms with Gasteiger partial charge < -0.3 is 0 Å². The molecule has 0 saturated heterocycles. The van der Waals surface area contributed by atoms with Crippen molar-refractivity contribution >= 4 is 34.9 Å². The van der Waals surface area contributed by atoms with E-state index in [0.717, 1.165) is 4.90 Å². The Morgan fingerprint density at radius 1 is 1.10 bits per heavy atom. The lowest BCUT2D eigenvalue weighted by Gasteiger charge is -2.12. The van der Waals surface area contributed by atoms with Gasteiger partial charge in [0.15, 0.2) is 5.78 Å². The quantitative estimate of drug-likeness (QED) is 0.852. The molecule has 0 amide bonds. The van der Waals surface area contributed by atoms with Crippen LogP contribution >= 0.6 is 23.4 Å². The zero-order chi connectivity index (χ0) is 14.1. The predicted molar refractivity (Wildman–Crippen MR) is 76.1 cm³/mol. The Balaban J connectivity index is 1.94. The minimum absolute atomic E-state index is 0.156. The molecule has 1 aromatic heterocycles. The first-order valence-corrected chi connectivity index (χ1v) is 6.89. The van der Waals surface area contributed by atoms with Gasteiger partial charge in [-0.3, -0.25) is 9.59 Å².